The van der Waals surface area contributed by atoms with Gasteiger partial charge in [0.2, 0.25) is 0 Å². The average Bonchev–Trinajstić information content (AvgIpc) is 2.63. The number of nitriles is 1. The Bertz CT molecular complexity index is 915. The third-order valence-electron chi connectivity index (χ3n) is 6.09. The van der Waals surface area contributed by atoms with E-state index in [4.69, 9.17) is 11.6 Å². The third kappa shape index (κ3) is 4.34. The molecule has 0 amide bonds. The molecular weight excluding hydrogens is 387 g/mol. The number of hydrogen-bond acceptors (Lipinski definition) is 4. The van der Waals surface area contributed by atoms with Gasteiger partial charge in [0.1, 0.15) is 17.4 Å². The number of aromatic nitrogens is 1. The molecule has 0 spiro atoms. The fourth-order valence-electron chi connectivity index (χ4n) is 4.21. The average molecular weight is 417 g/mol. The second-order valence-corrected chi connectivity index (χ2v) is 8.68. The van der Waals surface area contributed by atoms with Crippen molar-refractivity contribution in [2.24, 2.45) is 0 Å². The zero-order chi connectivity index (χ0) is 21.1. The van der Waals surface area contributed by atoms with Crippen LogP contribution < -0.4 is 4.90 Å². The van der Waals surface area contributed by atoms with Crippen molar-refractivity contribution in [3.8, 4) is 6.07 Å². The first kappa shape index (κ1) is 21.8. The maximum absolute atomic E-state index is 14.9. The van der Waals surface area contributed by atoms with Crippen LogP contribution in [-0.2, 0) is 0 Å². The monoisotopic (exact) mass is 416 g/mol. The molecule has 1 aliphatic rings. The number of fused-ring (bicyclic) bond motifs is 1. The minimum absolute atomic E-state index is 0.184. The molecule has 1 saturated heterocycles. The lowest BCUT2D eigenvalue weighted by molar-refractivity contribution is 0.246. The van der Waals surface area contributed by atoms with Crippen molar-refractivity contribution in [1.29, 1.82) is 5.26 Å². The number of rotatable bonds is 8. The van der Waals surface area contributed by atoms with Crippen molar-refractivity contribution in [3.63, 3.8) is 0 Å². The van der Waals surface area contributed by atoms with Crippen molar-refractivity contribution in [2.75, 3.05) is 32.1 Å². The number of nitrogens with zero attached hydrogens (tertiary/aromatic N) is 4. The number of hydrogen-bond donors (Lipinski definition) is 0. The van der Waals surface area contributed by atoms with Crippen molar-refractivity contribution in [2.45, 2.75) is 57.9 Å². The third-order valence-corrected chi connectivity index (χ3v) is 6.31. The molecule has 0 N–H and O–H groups in total. The summed E-state index contributed by atoms with van der Waals surface area (Å²) in [5.74, 6) is 0.375. The van der Waals surface area contributed by atoms with Crippen LogP contribution in [0.25, 0.3) is 10.9 Å². The first-order valence-electron chi connectivity index (χ1n) is 10.5. The van der Waals surface area contributed by atoms with E-state index in [1.807, 2.05) is 0 Å². The molecule has 1 fully saturated rings. The molecule has 0 bridgehead atoms. The van der Waals surface area contributed by atoms with Crippen LogP contribution in [0.2, 0.25) is 5.02 Å². The highest BCUT2D eigenvalue weighted by molar-refractivity contribution is 6.31. The van der Waals surface area contributed by atoms with Crippen molar-refractivity contribution >= 4 is 28.3 Å². The van der Waals surface area contributed by atoms with Gasteiger partial charge in [-0.3, -0.25) is 0 Å². The zero-order valence-electron chi connectivity index (χ0n) is 17.8. The largest absolute Gasteiger partial charge is 0.352 e. The molecule has 156 valence electrons. The Morgan fingerprint density at radius 3 is 2.62 bits per heavy atom. The highest BCUT2D eigenvalue weighted by Gasteiger charge is 2.33. The predicted molar refractivity (Wildman–Crippen MR) is 118 cm³/mol. The molecule has 6 heteroatoms. The van der Waals surface area contributed by atoms with Crippen LogP contribution >= 0.6 is 11.6 Å². The Morgan fingerprint density at radius 2 is 2.03 bits per heavy atom. The lowest BCUT2D eigenvalue weighted by Gasteiger charge is -2.44. The molecule has 1 aromatic heterocycles. The number of likely N-dealkylation sites (N-methyl/N-ethyl adjacent to an activating group) is 1. The van der Waals surface area contributed by atoms with E-state index in [0.717, 1.165) is 50.8 Å². The predicted octanol–water partition coefficient (Wildman–Crippen LogP) is 5.72. The summed E-state index contributed by atoms with van der Waals surface area (Å²) in [4.78, 5) is 8.89. The molecule has 0 aliphatic carbocycles. The molecule has 4 nitrogen and oxygen atoms in total. The number of pyridine rings is 1. The van der Waals surface area contributed by atoms with Gasteiger partial charge < -0.3 is 9.80 Å². The van der Waals surface area contributed by atoms with Gasteiger partial charge in [0.15, 0.2) is 5.82 Å². The van der Waals surface area contributed by atoms with E-state index in [9.17, 15) is 9.65 Å². The van der Waals surface area contributed by atoms with Crippen LogP contribution in [0.15, 0.2) is 12.1 Å². The highest BCUT2D eigenvalue weighted by Crippen LogP contribution is 2.40. The molecule has 1 unspecified atom stereocenters. The Labute approximate surface area is 178 Å². The summed E-state index contributed by atoms with van der Waals surface area (Å²) in [6, 6.07) is 5.92. The summed E-state index contributed by atoms with van der Waals surface area (Å²) < 4.78 is 14.9. The van der Waals surface area contributed by atoms with Crippen LogP contribution in [0, 0.1) is 17.1 Å². The van der Waals surface area contributed by atoms with Crippen molar-refractivity contribution in [1.82, 2.24) is 9.88 Å². The topological polar surface area (TPSA) is 43.2 Å². The summed E-state index contributed by atoms with van der Waals surface area (Å²) in [7, 11) is 4.10. The van der Waals surface area contributed by atoms with Crippen molar-refractivity contribution < 1.29 is 4.39 Å². The molecular formula is C23H30ClFN4. The summed E-state index contributed by atoms with van der Waals surface area (Å²) in [6.45, 7) is 5.90. The van der Waals surface area contributed by atoms with Crippen molar-refractivity contribution in [3.05, 3.63) is 34.1 Å². The molecule has 1 atom stereocenters. The minimum atomic E-state index is -0.424. The molecule has 29 heavy (non-hydrogen) atoms. The lowest BCUT2D eigenvalue weighted by atomic mass is 9.85. The standard InChI is InChI=1S/C23H30ClFN4/c1-5-7-8-9-15(6-2)21-18-10-16(24)11-20(25)22(18)27-23(19(21)12-26)29-13-17(14-29)28(3)4/h10-11,15,17H,5-9,13-14H2,1-4H3. The van der Waals surface area contributed by atoms with Gasteiger partial charge in [-0.15, -0.1) is 0 Å². The maximum Gasteiger partial charge on any atom is 0.151 e. The van der Waals surface area contributed by atoms with E-state index in [0.29, 0.717) is 33.3 Å². The molecule has 2 aromatic rings. The SMILES string of the molecule is CCCCCC(CC)c1c(C#N)c(N2CC(N(C)C)C2)nc2c(F)cc(Cl)cc12. The van der Waals surface area contributed by atoms with Gasteiger partial charge in [0.25, 0.3) is 0 Å². The van der Waals surface area contributed by atoms with Crippen LogP contribution in [0.4, 0.5) is 10.2 Å². The number of benzene rings is 1. The van der Waals surface area contributed by atoms with Crippen LogP contribution in [0.3, 0.4) is 0 Å². The van der Waals surface area contributed by atoms with E-state index >= 15 is 0 Å². The molecule has 2 heterocycles. The highest BCUT2D eigenvalue weighted by atomic mass is 35.5. The Kier molecular flexibility index (Phi) is 6.97. The van der Waals surface area contributed by atoms with E-state index < -0.39 is 5.82 Å². The first-order valence-corrected chi connectivity index (χ1v) is 10.9. The second kappa shape index (κ2) is 9.28. The summed E-state index contributed by atoms with van der Waals surface area (Å²) in [5.41, 5.74) is 1.82. The quantitative estimate of drug-likeness (QED) is 0.516. The van der Waals surface area contributed by atoms with Gasteiger partial charge in [0.05, 0.1) is 5.56 Å². The minimum Gasteiger partial charge on any atom is -0.352 e. The Morgan fingerprint density at radius 1 is 1.31 bits per heavy atom. The number of unbranched alkanes of at least 4 members (excludes halogenated alkanes) is 2. The smallest absolute Gasteiger partial charge is 0.151 e. The van der Waals surface area contributed by atoms with Crippen LogP contribution in [0.5, 0.6) is 0 Å². The maximum atomic E-state index is 14.9. The second-order valence-electron chi connectivity index (χ2n) is 8.24. The van der Waals surface area contributed by atoms with Gasteiger partial charge >= 0.3 is 0 Å². The zero-order valence-corrected chi connectivity index (χ0v) is 18.6. The molecule has 0 radical (unpaired) electrons. The molecule has 1 aromatic carbocycles. The van der Waals surface area contributed by atoms with Gasteiger partial charge in [-0.1, -0.05) is 44.7 Å². The van der Waals surface area contributed by atoms with E-state index in [1.165, 1.54) is 6.07 Å². The number of anilines is 1. The Balaban J connectivity index is 2.16. The summed E-state index contributed by atoms with van der Waals surface area (Å²) >= 11 is 6.19. The van der Waals surface area contributed by atoms with Gasteiger partial charge in [-0.25, -0.2) is 9.37 Å². The molecule has 3 rings (SSSR count). The van der Waals surface area contributed by atoms with E-state index in [2.05, 4.69) is 48.8 Å². The summed E-state index contributed by atoms with van der Waals surface area (Å²) in [6.07, 6.45) is 5.26. The summed E-state index contributed by atoms with van der Waals surface area (Å²) in [5, 5.41) is 11.1. The van der Waals surface area contributed by atoms with Gasteiger partial charge in [-0.05, 0) is 50.6 Å². The lowest BCUT2D eigenvalue weighted by Crippen LogP contribution is -2.58. The van der Waals surface area contributed by atoms with Crippen LogP contribution in [0.1, 0.15) is 63.0 Å². The van der Waals surface area contributed by atoms with Gasteiger partial charge in [-0.2, -0.15) is 5.26 Å². The van der Waals surface area contributed by atoms with E-state index in [1.54, 1.807) is 6.07 Å². The fraction of sp³-hybridized carbons (Fsp3) is 0.565. The number of halogens is 2. The molecule has 1 aliphatic heterocycles. The van der Waals surface area contributed by atoms with Crippen LogP contribution in [-0.4, -0.2) is 43.1 Å². The Hall–Kier alpha value is -1.90. The normalized spacial score (nSPS) is 15.6. The fourth-order valence-corrected chi connectivity index (χ4v) is 4.42. The van der Waals surface area contributed by atoms with Gasteiger partial charge in [0, 0.05) is 29.5 Å². The van der Waals surface area contributed by atoms with E-state index in [-0.39, 0.29) is 5.92 Å². The first-order chi connectivity index (χ1) is 13.9. The molecule has 0 saturated carbocycles.